The highest BCUT2D eigenvalue weighted by Gasteiger charge is 2.29. The third-order valence-electron chi connectivity index (χ3n) is 5.22. The molecule has 1 heterocycles. The Kier molecular flexibility index (Phi) is 9.72. The number of aliphatic imine (C=N–C) groups is 1. The lowest BCUT2D eigenvalue weighted by Gasteiger charge is -2.18. The van der Waals surface area contributed by atoms with Crippen LogP contribution < -0.4 is 10.6 Å². The number of guanidine groups is 1. The monoisotopic (exact) mass is 535 g/mol. The molecular formula is C23H27FIN5O. The second kappa shape index (κ2) is 12.2. The fraction of sp³-hybridized carbons (Fsp3) is 0.348. The molecule has 0 saturated carbocycles. The zero-order chi connectivity index (χ0) is 21.3. The number of rotatable bonds is 7. The number of likely N-dealkylation sites (tertiary alicyclic amines) is 1. The quantitative estimate of drug-likeness (QED) is 0.325. The van der Waals surface area contributed by atoms with Gasteiger partial charge in [0.25, 0.3) is 0 Å². The number of carbonyl (C=O) groups excluding carboxylic acids is 1. The van der Waals surface area contributed by atoms with Gasteiger partial charge in [-0.15, -0.1) is 24.0 Å². The zero-order valence-corrected chi connectivity index (χ0v) is 19.8. The largest absolute Gasteiger partial charge is 0.356 e. The predicted octanol–water partition coefficient (Wildman–Crippen LogP) is 3.07. The van der Waals surface area contributed by atoms with Crippen molar-refractivity contribution in [2.75, 3.05) is 26.7 Å². The van der Waals surface area contributed by atoms with E-state index in [2.05, 4.69) is 27.8 Å². The zero-order valence-electron chi connectivity index (χ0n) is 17.5. The van der Waals surface area contributed by atoms with Crippen molar-refractivity contribution in [2.45, 2.75) is 19.4 Å². The first kappa shape index (κ1) is 24.6. The first-order chi connectivity index (χ1) is 14.6. The maximum Gasteiger partial charge on any atom is 0.223 e. The van der Waals surface area contributed by atoms with E-state index in [0.717, 1.165) is 19.5 Å². The minimum absolute atomic E-state index is 0. The number of nitriles is 1. The number of hydrogen-bond acceptors (Lipinski definition) is 3. The molecule has 3 rings (SSSR count). The van der Waals surface area contributed by atoms with Crippen LogP contribution in [0.1, 0.15) is 23.1 Å². The highest BCUT2D eigenvalue weighted by Crippen LogP contribution is 2.17. The normalized spacial score (nSPS) is 15.9. The van der Waals surface area contributed by atoms with E-state index in [9.17, 15) is 9.18 Å². The van der Waals surface area contributed by atoms with Gasteiger partial charge in [-0.05, 0) is 24.1 Å². The third-order valence-corrected chi connectivity index (χ3v) is 5.22. The summed E-state index contributed by atoms with van der Waals surface area (Å²) in [5.74, 6) is 0.514. The molecule has 6 nitrogen and oxygen atoms in total. The molecule has 0 radical (unpaired) electrons. The van der Waals surface area contributed by atoms with E-state index < -0.39 is 5.82 Å². The smallest absolute Gasteiger partial charge is 0.223 e. The van der Waals surface area contributed by atoms with Crippen LogP contribution in [0.25, 0.3) is 0 Å². The van der Waals surface area contributed by atoms with Crippen molar-refractivity contribution in [1.29, 1.82) is 5.26 Å². The third kappa shape index (κ3) is 7.21. The highest BCUT2D eigenvalue weighted by atomic mass is 127. The Morgan fingerprint density at radius 3 is 2.71 bits per heavy atom. The molecule has 0 spiro atoms. The molecule has 8 heteroatoms. The van der Waals surface area contributed by atoms with Gasteiger partial charge in [0.2, 0.25) is 5.91 Å². The number of nitrogens with one attached hydrogen (secondary N) is 2. The number of hydrogen-bond donors (Lipinski definition) is 2. The van der Waals surface area contributed by atoms with Crippen LogP contribution in [0.3, 0.4) is 0 Å². The van der Waals surface area contributed by atoms with Gasteiger partial charge in [-0.2, -0.15) is 5.26 Å². The fourth-order valence-corrected chi connectivity index (χ4v) is 3.52. The van der Waals surface area contributed by atoms with E-state index >= 15 is 0 Å². The Bertz CT molecular complexity index is 945. The summed E-state index contributed by atoms with van der Waals surface area (Å²) in [6.07, 6.45) is 1.37. The summed E-state index contributed by atoms with van der Waals surface area (Å²) in [5.41, 5.74) is 1.98. The standard InChI is InChI=1S/C23H26FN5O.HI/c1-26-23(28-15-20-8-7-18(13-25)11-21(20)24)27-14-19-12-22(30)29(16-19)10-9-17-5-3-2-4-6-17;/h2-8,11,19H,9-10,12,14-16H2,1H3,(H2,26,27,28);1H. The van der Waals surface area contributed by atoms with E-state index in [-0.39, 0.29) is 42.3 Å². The van der Waals surface area contributed by atoms with E-state index in [1.807, 2.05) is 29.2 Å². The van der Waals surface area contributed by atoms with Crippen LogP contribution in [0.5, 0.6) is 0 Å². The number of halogens is 2. The lowest BCUT2D eigenvalue weighted by atomic mass is 10.1. The van der Waals surface area contributed by atoms with Gasteiger partial charge in [-0.1, -0.05) is 36.4 Å². The molecule has 164 valence electrons. The van der Waals surface area contributed by atoms with E-state index in [4.69, 9.17) is 5.26 Å². The number of amides is 1. The van der Waals surface area contributed by atoms with Gasteiger partial charge in [-0.25, -0.2) is 4.39 Å². The molecule has 1 fully saturated rings. The first-order valence-electron chi connectivity index (χ1n) is 10.0. The minimum atomic E-state index is -0.424. The fourth-order valence-electron chi connectivity index (χ4n) is 3.52. The van der Waals surface area contributed by atoms with Crippen LogP contribution >= 0.6 is 24.0 Å². The average Bonchev–Trinajstić information content (AvgIpc) is 3.13. The molecule has 1 aliphatic rings. The second-order valence-electron chi connectivity index (χ2n) is 7.37. The molecule has 31 heavy (non-hydrogen) atoms. The topological polar surface area (TPSA) is 80.5 Å². The summed E-state index contributed by atoms with van der Waals surface area (Å²) in [7, 11) is 1.65. The predicted molar refractivity (Wildman–Crippen MR) is 130 cm³/mol. The Labute approximate surface area is 199 Å². The van der Waals surface area contributed by atoms with Gasteiger partial charge >= 0.3 is 0 Å². The SMILES string of the molecule is CN=C(NCc1ccc(C#N)cc1F)NCC1CC(=O)N(CCc2ccccc2)C1.I. The molecule has 0 aromatic heterocycles. The van der Waals surface area contributed by atoms with Crippen molar-refractivity contribution in [2.24, 2.45) is 10.9 Å². The molecule has 2 aromatic carbocycles. The lowest BCUT2D eigenvalue weighted by molar-refractivity contribution is -0.127. The van der Waals surface area contributed by atoms with Crippen LogP contribution in [-0.4, -0.2) is 43.4 Å². The van der Waals surface area contributed by atoms with Gasteiger partial charge in [-0.3, -0.25) is 9.79 Å². The van der Waals surface area contributed by atoms with Crippen LogP contribution in [0.4, 0.5) is 4.39 Å². The van der Waals surface area contributed by atoms with Crippen molar-refractivity contribution in [3.63, 3.8) is 0 Å². The number of carbonyl (C=O) groups is 1. The Hall–Kier alpha value is -2.67. The van der Waals surface area contributed by atoms with Crippen LogP contribution in [0, 0.1) is 23.1 Å². The maximum absolute atomic E-state index is 14.0. The molecule has 1 atom stereocenters. The lowest BCUT2D eigenvalue weighted by Crippen LogP contribution is -2.40. The molecule has 0 bridgehead atoms. The molecule has 1 aliphatic heterocycles. The van der Waals surface area contributed by atoms with E-state index in [0.29, 0.717) is 30.1 Å². The second-order valence-corrected chi connectivity index (χ2v) is 7.37. The average molecular weight is 535 g/mol. The van der Waals surface area contributed by atoms with Crippen molar-refractivity contribution < 1.29 is 9.18 Å². The van der Waals surface area contributed by atoms with Crippen molar-refractivity contribution in [1.82, 2.24) is 15.5 Å². The van der Waals surface area contributed by atoms with Crippen LogP contribution in [0.15, 0.2) is 53.5 Å². The first-order valence-corrected chi connectivity index (χ1v) is 10.0. The molecular weight excluding hydrogens is 508 g/mol. The Morgan fingerprint density at radius 1 is 1.26 bits per heavy atom. The summed E-state index contributed by atoms with van der Waals surface area (Å²) >= 11 is 0. The summed E-state index contributed by atoms with van der Waals surface area (Å²) in [6, 6.07) is 16.5. The molecule has 2 N–H and O–H groups in total. The van der Waals surface area contributed by atoms with Gasteiger partial charge in [0, 0.05) is 51.1 Å². The summed E-state index contributed by atoms with van der Waals surface area (Å²) in [5, 5.41) is 15.1. The number of benzene rings is 2. The van der Waals surface area contributed by atoms with Crippen LogP contribution in [-0.2, 0) is 17.8 Å². The van der Waals surface area contributed by atoms with Crippen LogP contribution in [0.2, 0.25) is 0 Å². The molecule has 0 aliphatic carbocycles. The maximum atomic E-state index is 14.0. The molecule has 1 saturated heterocycles. The molecule has 1 amide bonds. The summed E-state index contributed by atoms with van der Waals surface area (Å²) in [4.78, 5) is 18.4. The number of nitrogens with zero attached hydrogens (tertiary/aromatic N) is 3. The van der Waals surface area contributed by atoms with E-state index in [1.54, 1.807) is 19.2 Å². The molecule has 2 aromatic rings. The summed E-state index contributed by atoms with van der Waals surface area (Å²) in [6.45, 7) is 2.32. The van der Waals surface area contributed by atoms with Crippen molar-refractivity contribution in [3.05, 3.63) is 71.0 Å². The van der Waals surface area contributed by atoms with Crippen molar-refractivity contribution in [3.8, 4) is 6.07 Å². The Balaban J connectivity index is 0.00000341. The van der Waals surface area contributed by atoms with E-state index in [1.165, 1.54) is 11.6 Å². The Morgan fingerprint density at radius 2 is 2.03 bits per heavy atom. The highest BCUT2D eigenvalue weighted by molar-refractivity contribution is 14.0. The van der Waals surface area contributed by atoms with Gasteiger partial charge in [0.1, 0.15) is 5.82 Å². The van der Waals surface area contributed by atoms with Gasteiger partial charge < -0.3 is 15.5 Å². The minimum Gasteiger partial charge on any atom is -0.356 e. The molecule has 1 unspecified atom stereocenters. The van der Waals surface area contributed by atoms with Gasteiger partial charge in [0.05, 0.1) is 11.6 Å². The van der Waals surface area contributed by atoms with Crippen molar-refractivity contribution >= 4 is 35.8 Å². The van der Waals surface area contributed by atoms with Gasteiger partial charge in [0.15, 0.2) is 5.96 Å². The summed E-state index contributed by atoms with van der Waals surface area (Å²) < 4.78 is 14.0.